The van der Waals surface area contributed by atoms with Crippen LogP contribution >= 0.6 is 24.0 Å². The highest BCUT2D eigenvalue weighted by Gasteiger charge is 2.32. The van der Waals surface area contributed by atoms with Gasteiger partial charge in [0.15, 0.2) is 5.96 Å². The van der Waals surface area contributed by atoms with Gasteiger partial charge in [-0.2, -0.15) is 13.2 Å². The van der Waals surface area contributed by atoms with Crippen LogP contribution in [0.1, 0.15) is 40.0 Å². The average Bonchev–Trinajstić information content (AvgIpc) is 2.50. The standard InChI is InChI=1S/C17H34F3N5O2S.HI/c1-5-21-15(23-12-16(2,3)24-28(4,26)27)22-9-6-14-7-10-25(11-8-14)13-17(18,19)20;/h14,24H,5-13H2,1-4H3,(H2,21,22,23);1H. The molecule has 174 valence electrons. The van der Waals surface area contributed by atoms with Crippen LogP contribution in [0.4, 0.5) is 13.2 Å². The second-order valence-corrected chi connectivity index (χ2v) is 9.75. The third kappa shape index (κ3) is 14.3. The Hall–Kier alpha value is -0.340. The summed E-state index contributed by atoms with van der Waals surface area (Å²) in [4.78, 5) is 5.90. The van der Waals surface area contributed by atoms with Crippen molar-refractivity contribution in [3.63, 3.8) is 0 Å². The fourth-order valence-corrected chi connectivity index (χ4v) is 4.30. The van der Waals surface area contributed by atoms with Crippen molar-refractivity contribution in [2.24, 2.45) is 10.9 Å². The van der Waals surface area contributed by atoms with Crippen molar-refractivity contribution < 1.29 is 21.6 Å². The van der Waals surface area contributed by atoms with E-state index in [9.17, 15) is 21.6 Å². The lowest BCUT2D eigenvalue weighted by molar-refractivity contribution is -0.148. The molecule has 0 aromatic carbocycles. The van der Waals surface area contributed by atoms with Gasteiger partial charge in [-0.1, -0.05) is 0 Å². The largest absolute Gasteiger partial charge is 0.401 e. The first-order valence-electron chi connectivity index (χ1n) is 9.60. The SMILES string of the molecule is CCNC(=NCC(C)(C)NS(C)(=O)=O)NCCC1CCN(CC(F)(F)F)CC1.I. The summed E-state index contributed by atoms with van der Waals surface area (Å²) in [6, 6.07) is 0. The summed E-state index contributed by atoms with van der Waals surface area (Å²) < 4.78 is 62.7. The molecular formula is C17H35F3IN5O2S. The minimum Gasteiger partial charge on any atom is -0.357 e. The summed E-state index contributed by atoms with van der Waals surface area (Å²) in [5.74, 6) is 0.989. The lowest BCUT2D eigenvalue weighted by atomic mass is 9.93. The molecule has 3 N–H and O–H groups in total. The quantitative estimate of drug-likeness (QED) is 0.230. The Morgan fingerprint density at radius 2 is 1.76 bits per heavy atom. The molecule has 0 amide bonds. The number of aliphatic imine (C=N–C) groups is 1. The zero-order valence-electron chi connectivity index (χ0n) is 17.6. The van der Waals surface area contributed by atoms with Crippen molar-refractivity contribution in [3.05, 3.63) is 0 Å². The van der Waals surface area contributed by atoms with Crippen molar-refractivity contribution in [2.75, 3.05) is 45.5 Å². The van der Waals surface area contributed by atoms with E-state index >= 15 is 0 Å². The monoisotopic (exact) mass is 557 g/mol. The van der Waals surface area contributed by atoms with E-state index in [1.54, 1.807) is 13.8 Å². The molecule has 0 unspecified atom stereocenters. The summed E-state index contributed by atoms with van der Waals surface area (Å²) in [6.45, 7) is 7.18. The minimum atomic E-state index is -4.13. The second-order valence-electron chi connectivity index (χ2n) is 8.00. The van der Waals surface area contributed by atoms with Crippen LogP contribution in [0.25, 0.3) is 0 Å². The van der Waals surface area contributed by atoms with Crippen LogP contribution in [0.15, 0.2) is 4.99 Å². The normalized spacial score (nSPS) is 17.7. The van der Waals surface area contributed by atoms with Gasteiger partial charge in [0, 0.05) is 18.6 Å². The van der Waals surface area contributed by atoms with E-state index in [4.69, 9.17) is 0 Å². The maximum absolute atomic E-state index is 12.4. The number of hydrogen-bond donors (Lipinski definition) is 3. The molecule has 7 nitrogen and oxygen atoms in total. The molecule has 0 spiro atoms. The van der Waals surface area contributed by atoms with Gasteiger partial charge in [-0.15, -0.1) is 24.0 Å². The van der Waals surface area contributed by atoms with Crippen LogP contribution in [-0.2, 0) is 10.0 Å². The van der Waals surface area contributed by atoms with Gasteiger partial charge >= 0.3 is 6.18 Å². The topological polar surface area (TPSA) is 85.8 Å². The predicted octanol–water partition coefficient (Wildman–Crippen LogP) is 2.15. The number of alkyl halides is 3. The highest BCUT2D eigenvalue weighted by molar-refractivity contribution is 14.0. The number of nitrogens with one attached hydrogen (secondary N) is 3. The van der Waals surface area contributed by atoms with Crippen LogP contribution < -0.4 is 15.4 Å². The Kier molecular flexibility index (Phi) is 12.4. The zero-order chi connectivity index (χ0) is 21.4. The second kappa shape index (κ2) is 12.5. The van der Waals surface area contributed by atoms with Crippen LogP contribution in [0.3, 0.4) is 0 Å². The first-order valence-corrected chi connectivity index (χ1v) is 11.5. The fraction of sp³-hybridized carbons (Fsp3) is 0.941. The summed E-state index contributed by atoms with van der Waals surface area (Å²) >= 11 is 0. The lowest BCUT2D eigenvalue weighted by Gasteiger charge is -2.32. The molecule has 0 aliphatic carbocycles. The van der Waals surface area contributed by atoms with Crippen molar-refractivity contribution in [1.29, 1.82) is 0 Å². The number of nitrogens with zero attached hydrogens (tertiary/aromatic N) is 2. The highest BCUT2D eigenvalue weighted by Crippen LogP contribution is 2.23. The number of piperidine rings is 1. The molecule has 0 bridgehead atoms. The molecule has 0 atom stereocenters. The van der Waals surface area contributed by atoms with E-state index < -0.39 is 28.3 Å². The van der Waals surface area contributed by atoms with E-state index in [0.29, 0.717) is 38.1 Å². The Morgan fingerprint density at radius 1 is 1.17 bits per heavy atom. The molecule has 1 saturated heterocycles. The molecule has 1 heterocycles. The number of rotatable bonds is 9. The summed E-state index contributed by atoms with van der Waals surface area (Å²) in [5, 5.41) is 6.34. The van der Waals surface area contributed by atoms with Gasteiger partial charge in [-0.3, -0.25) is 9.89 Å². The maximum atomic E-state index is 12.4. The molecule has 12 heteroatoms. The Morgan fingerprint density at radius 3 is 2.24 bits per heavy atom. The molecule has 0 radical (unpaired) electrons. The first-order chi connectivity index (χ1) is 12.8. The maximum Gasteiger partial charge on any atom is 0.401 e. The molecule has 29 heavy (non-hydrogen) atoms. The molecular weight excluding hydrogens is 522 g/mol. The van der Waals surface area contributed by atoms with Crippen molar-refractivity contribution >= 4 is 40.0 Å². The average molecular weight is 557 g/mol. The van der Waals surface area contributed by atoms with Crippen LogP contribution in [0, 0.1) is 5.92 Å². The summed E-state index contributed by atoms with van der Waals surface area (Å²) in [6.07, 6.45) is -0.643. The van der Waals surface area contributed by atoms with Gasteiger partial charge in [-0.05, 0) is 59.0 Å². The van der Waals surface area contributed by atoms with Crippen LogP contribution in [0.2, 0.25) is 0 Å². The van der Waals surface area contributed by atoms with Crippen molar-refractivity contribution in [1.82, 2.24) is 20.3 Å². The van der Waals surface area contributed by atoms with Gasteiger partial charge in [-0.25, -0.2) is 13.1 Å². The molecule has 1 aliphatic heterocycles. The lowest BCUT2D eigenvalue weighted by Crippen LogP contribution is -2.47. The molecule has 1 aliphatic rings. The summed E-state index contributed by atoms with van der Waals surface area (Å²) in [7, 11) is -3.32. The Labute approximate surface area is 189 Å². The smallest absolute Gasteiger partial charge is 0.357 e. The number of hydrogen-bond acceptors (Lipinski definition) is 4. The van der Waals surface area contributed by atoms with Gasteiger partial charge in [0.25, 0.3) is 0 Å². The highest BCUT2D eigenvalue weighted by atomic mass is 127. The van der Waals surface area contributed by atoms with Crippen LogP contribution in [-0.4, -0.2) is 76.5 Å². The number of sulfonamides is 1. The van der Waals surface area contributed by atoms with E-state index in [2.05, 4.69) is 20.3 Å². The third-order valence-corrected chi connectivity index (χ3v) is 5.32. The van der Waals surface area contributed by atoms with Crippen molar-refractivity contribution in [3.8, 4) is 0 Å². The molecule has 0 aromatic heterocycles. The van der Waals surface area contributed by atoms with Crippen LogP contribution in [0.5, 0.6) is 0 Å². The predicted molar refractivity (Wildman–Crippen MR) is 121 cm³/mol. The Bertz CT molecular complexity index is 607. The van der Waals surface area contributed by atoms with E-state index in [1.165, 1.54) is 4.90 Å². The number of likely N-dealkylation sites (tertiary alicyclic amines) is 1. The van der Waals surface area contributed by atoms with Crippen molar-refractivity contribution in [2.45, 2.75) is 51.7 Å². The van der Waals surface area contributed by atoms with Gasteiger partial charge in [0.2, 0.25) is 10.0 Å². The van der Waals surface area contributed by atoms with E-state index in [0.717, 1.165) is 25.5 Å². The minimum absolute atomic E-state index is 0. The number of guanidine groups is 1. The fourth-order valence-electron chi connectivity index (χ4n) is 3.23. The zero-order valence-corrected chi connectivity index (χ0v) is 20.7. The third-order valence-electron chi connectivity index (χ3n) is 4.39. The summed E-state index contributed by atoms with van der Waals surface area (Å²) in [5.41, 5.74) is -0.707. The molecule has 1 rings (SSSR count). The van der Waals surface area contributed by atoms with Gasteiger partial charge in [0.05, 0.1) is 19.3 Å². The van der Waals surface area contributed by atoms with Gasteiger partial charge in [0.1, 0.15) is 0 Å². The molecule has 0 aromatic rings. The van der Waals surface area contributed by atoms with E-state index in [-0.39, 0.29) is 30.5 Å². The molecule has 0 saturated carbocycles. The van der Waals surface area contributed by atoms with Gasteiger partial charge < -0.3 is 10.6 Å². The molecule has 1 fully saturated rings. The Balaban J connectivity index is 0.00000784. The first kappa shape index (κ1) is 28.7. The number of halogens is 4. The van der Waals surface area contributed by atoms with E-state index in [1.807, 2.05) is 6.92 Å².